The molecule has 0 bridgehead atoms. The molecule has 6 heteroatoms. The smallest absolute Gasteiger partial charge is 0.162 e. The van der Waals surface area contributed by atoms with Crippen LogP contribution in [0.1, 0.15) is 43.4 Å². The molecule has 1 saturated heterocycles. The molecule has 2 aromatic carbocycles. The first-order valence-corrected chi connectivity index (χ1v) is 10.9. The molecule has 1 heterocycles. The Balaban J connectivity index is 1.70. The van der Waals surface area contributed by atoms with Crippen molar-refractivity contribution in [2.24, 2.45) is 0 Å². The molecule has 3 rings (SSSR count). The number of nitrogens with one attached hydrogen (secondary N) is 2. The Bertz CT molecular complexity index is 877. The molecule has 4 nitrogen and oxygen atoms in total. The summed E-state index contributed by atoms with van der Waals surface area (Å²) < 4.78 is 33.4. The summed E-state index contributed by atoms with van der Waals surface area (Å²) in [6, 6.07) is 11.2. The van der Waals surface area contributed by atoms with Crippen molar-refractivity contribution in [3.05, 3.63) is 77.1 Å². The Kier molecular flexibility index (Phi) is 7.91. The largest absolute Gasteiger partial charge is 0.491 e. The fourth-order valence-electron chi connectivity index (χ4n) is 3.87. The van der Waals surface area contributed by atoms with Crippen molar-refractivity contribution in [3.63, 3.8) is 0 Å². The fraction of sp³-hybridized carbons (Fsp3) is 0.440. The lowest BCUT2D eigenvalue weighted by Crippen LogP contribution is -2.44. The van der Waals surface area contributed by atoms with Crippen molar-refractivity contribution in [1.29, 1.82) is 0 Å². The van der Waals surface area contributed by atoms with Crippen LogP contribution in [0, 0.1) is 18.6 Å². The SMILES string of the molecule is C=C(NCc1ccc(OC(C)C)cc1)N(Cc1ccc(F)c(F)c1C)C1CCNCC1. The standard InChI is InChI=1S/C25H33F2N3O/c1-17(2)31-23-8-5-20(6-9-23)15-29-19(4)30(22-11-13-28-14-12-22)16-21-7-10-24(26)25(27)18(21)3/h5-10,17,22,28-29H,4,11-16H2,1-3H3. The van der Waals surface area contributed by atoms with Crippen LogP contribution in [0.15, 0.2) is 48.8 Å². The van der Waals surface area contributed by atoms with E-state index in [2.05, 4.69) is 22.1 Å². The monoisotopic (exact) mass is 429 g/mol. The molecule has 1 aliphatic heterocycles. The maximum absolute atomic E-state index is 14.1. The Labute approximate surface area is 184 Å². The first-order valence-electron chi connectivity index (χ1n) is 10.9. The molecular weight excluding hydrogens is 396 g/mol. The van der Waals surface area contributed by atoms with Crippen LogP contribution < -0.4 is 15.4 Å². The van der Waals surface area contributed by atoms with E-state index < -0.39 is 11.6 Å². The van der Waals surface area contributed by atoms with Gasteiger partial charge >= 0.3 is 0 Å². The number of nitrogens with zero attached hydrogens (tertiary/aromatic N) is 1. The lowest BCUT2D eigenvalue weighted by atomic mass is 10.0. The van der Waals surface area contributed by atoms with Crippen molar-refractivity contribution in [3.8, 4) is 5.75 Å². The van der Waals surface area contributed by atoms with Gasteiger partial charge in [-0.25, -0.2) is 8.78 Å². The molecule has 0 atom stereocenters. The number of piperidine rings is 1. The van der Waals surface area contributed by atoms with E-state index in [1.165, 1.54) is 6.07 Å². The molecule has 168 valence electrons. The fourth-order valence-corrected chi connectivity index (χ4v) is 3.87. The second-order valence-electron chi connectivity index (χ2n) is 8.37. The van der Waals surface area contributed by atoms with E-state index in [4.69, 9.17) is 4.74 Å². The van der Waals surface area contributed by atoms with E-state index in [0.29, 0.717) is 18.7 Å². The van der Waals surface area contributed by atoms with Crippen LogP contribution in [-0.4, -0.2) is 30.1 Å². The van der Waals surface area contributed by atoms with Crippen LogP contribution in [0.5, 0.6) is 5.75 Å². The van der Waals surface area contributed by atoms with Crippen LogP contribution in [0.3, 0.4) is 0 Å². The normalized spacial score (nSPS) is 14.5. The summed E-state index contributed by atoms with van der Waals surface area (Å²) in [5.41, 5.74) is 2.24. The third kappa shape index (κ3) is 6.20. The molecule has 1 fully saturated rings. The Morgan fingerprint density at radius 3 is 2.48 bits per heavy atom. The molecule has 0 saturated carbocycles. The average Bonchev–Trinajstić information content (AvgIpc) is 2.76. The average molecular weight is 430 g/mol. The van der Waals surface area contributed by atoms with Crippen molar-refractivity contribution in [2.75, 3.05) is 13.1 Å². The number of benzene rings is 2. The van der Waals surface area contributed by atoms with Crippen molar-refractivity contribution in [2.45, 2.75) is 58.8 Å². The summed E-state index contributed by atoms with van der Waals surface area (Å²) in [6.07, 6.45) is 2.09. The Morgan fingerprint density at radius 2 is 1.84 bits per heavy atom. The first kappa shape index (κ1) is 23.1. The molecule has 0 aliphatic carbocycles. The molecule has 0 spiro atoms. The zero-order valence-corrected chi connectivity index (χ0v) is 18.7. The van der Waals surface area contributed by atoms with Gasteiger partial charge in [-0.2, -0.15) is 0 Å². The predicted octanol–water partition coefficient (Wildman–Crippen LogP) is 4.88. The van der Waals surface area contributed by atoms with Crippen molar-refractivity contribution >= 4 is 0 Å². The highest BCUT2D eigenvalue weighted by Gasteiger charge is 2.23. The molecule has 2 N–H and O–H groups in total. The zero-order valence-electron chi connectivity index (χ0n) is 18.7. The minimum atomic E-state index is -0.809. The van der Waals surface area contributed by atoms with E-state index in [0.717, 1.165) is 48.6 Å². The highest BCUT2D eigenvalue weighted by Crippen LogP contribution is 2.23. The number of hydrogen-bond acceptors (Lipinski definition) is 4. The first-order chi connectivity index (χ1) is 14.8. The molecular formula is C25H33F2N3O. The van der Waals surface area contributed by atoms with Crippen molar-refractivity contribution < 1.29 is 13.5 Å². The minimum Gasteiger partial charge on any atom is -0.491 e. The van der Waals surface area contributed by atoms with Gasteiger partial charge in [-0.3, -0.25) is 0 Å². The third-order valence-electron chi connectivity index (χ3n) is 5.68. The number of hydrogen-bond donors (Lipinski definition) is 2. The second kappa shape index (κ2) is 10.6. The van der Waals surface area contributed by atoms with Gasteiger partial charge in [-0.05, 0) is 81.6 Å². The Morgan fingerprint density at radius 1 is 1.16 bits per heavy atom. The summed E-state index contributed by atoms with van der Waals surface area (Å²) in [5.74, 6) is 0.0582. The van der Waals surface area contributed by atoms with Crippen LogP contribution in [0.4, 0.5) is 8.78 Å². The highest BCUT2D eigenvalue weighted by molar-refractivity contribution is 5.29. The van der Waals surface area contributed by atoms with Gasteiger partial charge in [0.25, 0.3) is 0 Å². The summed E-state index contributed by atoms with van der Waals surface area (Å²) in [6.45, 7) is 12.9. The zero-order chi connectivity index (χ0) is 22.4. The number of rotatable bonds is 9. The van der Waals surface area contributed by atoms with E-state index in [-0.39, 0.29) is 12.1 Å². The van der Waals surface area contributed by atoms with Gasteiger partial charge < -0.3 is 20.3 Å². The predicted molar refractivity (Wildman–Crippen MR) is 121 cm³/mol. The van der Waals surface area contributed by atoms with Gasteiger partial charge in [-0.15, -0.1) is 0 Å². The van der Waals surface area contributed by atoms with Gasteiger partial charge in [0, 0.05) is 19.1 Å². The summed E-state index contributed by atoms with van der Waals surface area (Å²) in [7, 11) is 0. The topological polar surface area (TPSA) is 36.5 Å². The van der Waals surface area contributed by atoms with Gasteiger partial charge in [0.2, 0.25) is 0 Å². The Hall–Kier alpha value is -2.60. The van der Waals surface area contributed by atoms with Crippen LogP contribution in [-0.2, 0) is 13.1 Å². The lowest BCUT2D eigenvalue weighted by Gasteiger charge is -2.38. The molecule has 0 amide bonds. The van der Waals surface area contributed by atoms with Gasteiger partial charge in [0.1, 0.15) is 5.75 Å². The summed E-state index contributed by atoms with van der Waals surface area (Å²) in [5, 5.41) is 6.80. The van der Waals surface area contributed by atoms with Gasteiger partial charge in [0.15, 0.2) is 11.6 Å². The van der Waals surface area contributed by atoms with Crippen LogP contribution in [0.2, 0.25) is 0 Å². The van der Waals surface area contributed by atoms with Crippen LogP contribution in [0.25, 0.3) is 0 Å². The maximum atomic E-state index is 14.1. The lowest BCUT2D eigenvalue weighted by molar-refractivity contribution is 0.187. The van der Waals surface area contributed by atoms with E-state index in [1.807, 2.05) is 38.1 Å². The molecule has 0 radical (unpaired) electrons. The molecule has 2 aromatic rings. The number of ether oxygens (including phenoxy) is 1. The van der Waals surface area contributed by atoms with Crippen LogP contribution >= 0.6 is 0 Å². The van der Waals surface area contributed by atoms with E-state index in [9.17, 15) is 8.78 Å². The third-order valence-corrected chi connectivity index (χ3v) is 5.68. The molecule has 0 unspecified atom stereocenters. The van der Waals surface area contributed by atoms with Gasteiger partial charge in [0.05, 0.1) is 11.9 Å². The summed E-state index contributed by atoms with van der Waals surface area (Å²) >= 11 is 0. The van der Waals surface area contributed by atoms with E-state index in [1.54, 1.807) is 13.0 Å². The molecule has 1 aliphatic rings. The van der Waals surface area contributed by atoms with Gasteiger partial charge in [-0.1, -0.05) is 24.8 Å². The molecule has 31 heavy (non-hydrogen) atoms. The maximum Gasteiger partial charge on any atom is 0.162 e. The minimum absolute atomic E-state index is 0.141. The highest BCUT2D eigenvalue weighted by atomic mass is 19.2. The molecule has 0 aromatic heterocycles. The second-order valence-corrected chi connectivity index (χ2v) is 8.37. The number of halogens is 2. The van der Waals surface area contributed by atoms with E-state index >= 15 is 0 Å². The summed E-state index contributed by atoms with van der Waals surface area (Å²) in [4.78, 5) is 2.19. The quantitative estimate of drug-likeness (QED) is 0.596. The van der Waals surface area contributed by atoms with Crippen molar-refractivity contribution in [1.82, 2.24) is 15.5 Å².